The minimum absolute atomic E-state index is 0.161. The summed E-state index contributed by atoms with van der Waals surface area (Å²) in [6, 6.07) is 3.47. The molecular formula is C33H63N3O3. The zero-order chi connectivity index (χ0) is 30.1. The summed E-state index contributed by atoms with van der Waals surface area (Å²) in [5.41, 5.74) is 19.3. The van der Waals surface area contributed by atoms with Crippen molar-refractivity contribution in [3.8, 4) is 5.75 Å². The summed E-state index contributed by atoms with van der Waals surface area (Å²) in [6.07, 6.45) is 20.2. The Morgan fingerprint density at radius 1 is 0.615 bits per heavy atom. The van der Waals surface area contributed by atoms with Gasteiger partial charge in [-0.25, -0.2) is 0 Å². The van der Waals surface area contributed by atoms with Crippen molar-refractivity contribution in [2.24, 2.45) is 17.2 Å². The van der Waals surface area contributed by atoms with Gasteiger partial charge in [-0.3, -0.25) is 4.79 Å². The van der Waals surface area contributed by atoms with E-state index in [1.807, 2.05) is 47.6 Å². The number of phenolic OH excluding ortho intramolecular Hbond substituents is 1. The number of carboxylic acid groups (broad SMARTS) is 1. The number of hydrogen-bond acceptors (Lipinski definition) is 5. The summed E-state index contributed by atoms with van der Waals surface area (Å²) < 4.78 is 0. The minimum Gasteiger partial charge on any atom is -0.508 e. The van der Waals surface area contributed by atoms with Gasteiger partial charge < -0.3 is 27.4 Å². The molecule has 0 saturated heterocycles. The Balaban J connectivity index is 0.000000741. The van der Waals surface area contributed by atoms with Gasteiger partial charge in [0.25, 0.3) is 0 Å². The number of hydrogen-bond donors (Lipinski definition) is 5. The van der Waals surface area contributed by atoms with Crippen LogP contribution in [0.3, 0.4) is 0 Å². The highest BCUT2D eigenvalue weighted by molar-refractivity contribution is 5.66. The second-order valence-electron chi connectivity index (χ2n) is 13.1. The third-order valence-corrected chi connectivity index (χ3v) is 7.16. The zero-order valence-corrected chi connectivity index (χ0v) is 26.5. The number of phenols is 1. The number of nitrogens with two attached hydrogens (primary N) is 3. The summed E-state index contributed by atoms with van der Waals surface area (Å²) in [5.74, 6) is -0.492. The molecule has 0 heterocycles. The third-order valence-electron chi connectivity index (χ3n) is 7.16. The van der Waals surface area contributed by atoms with E-state index >= 15 is 0 Å². The van der Waals surface area contributed by atoms with E-state index in [0.29, 0.717) is 12.0 Å². The monoisotopic (exact) mass is 549 g/mol. The molecule has 0 unspecified atom stereocenters. The molecule has 0 fully saturated rings. The molecule has 6 nitrogen and oxygen atoms in total. The molecule has 1 aromatic rings. The topological polar surface area (TPSA) is 136 Å². The van der Waals surface area contributed by atoms with Crippen molar-refractivity contribution in [3.05, 3.63) is 28.8 Å². The maximum atomic E-state index is 10.3. The number of carboxylic acids is 1. The Hall–Kier alpha value is -1.63. The molecule has 0 aliphatic carbocycles. The fraction of sp³-hybridized carbons (Fsp3) is 0.788. The quantitative estimate of drug-likeness (QED) is 0.110. The average molecular weight is 550 g/mol. The molecule has 0 radical (unpaired) electrons. The van der Waals surface area contributed by atoms with E-state index in [9.17, 15) is 9.90 Å². The van der Waals surface area contributed by atoms with Gasteiger partial charge in [0.05, 0.1) is 0 Å². The first kappa shape index (κ1) is 37.4. The predicted molar refractivity (Wildman–Crippen MR) is 167 cm³/mol. The lowest BCUT2D eigenvalue weighted by molar-refractivity contribution is -0.137. The van der Waals surface area contributed by atoms with E-state index in [1.54, 1.807) is 6.07 Å². The third kappa shape index (κ3) is 16.9. The molecule has 1 rings (SSSR count). The van der Waals surface area contributed by atoms with E-state index < -0.39 is 22.6 Å². The van der Waals surface area contributed by atoms with Crippen LogP contribution in [-0.2, 0) is 21.4 Å². The highest BCUT2D eigenvalue weighted by Crippen LogP contribution is 2.40. The fourth-order valence-electron chi connectivity index (χ4n) is 5.10. The Bertz CT molecular complexity index is 802. The van der Waals surface area contributed by atoms with Gasteiger partial charge in [0, 0.05) is 28.6 Å². The molecule has 228 valence electrons. The predicted octanol–water partition coefficient (Wildman–Crippen LogP) is 8.31. The van der Waals surface area contributed by atoms with E-state index in [2.05, 4.69) is 6.92 Å². The number of aromatic hydroxyl groups is 1. The van der Waals surface area contributed by atoms with E-state index in [1.165, 1.54) is 83.5 Å². The van der Waals surface area contributed by atoms with Crippen LogP contribution >= 0.6 is 0 Å². The van der Waals surface area contributed by atoms with Crippen LogP contribution in [0.25, 0.3) is 0 Å². The number of carbonyl (C=O) groups is 1. The van der Waals surface area contributed by atoms with Crippen LogP contribution in [0, 0.1) is 0 Å². The molecule has 0 aliphatic heterocycles. The van der Waals surface area contributed by atoms with E-state index in [-0.39, 0.29) is 5.75 Å². The normalized spacial score (nSPS) is 12.3. The largest absolute Gasteiger partial charge is 0.508 e. The maximum absolute atomic E-state index is 10.3. The molecule has 0 bridgehead atoms. The highest BCUT2D eigenvalue weighted by Gasteiger charge is 2.34. The van der Waals surface area contributed by atoms with Crippen molar-refractivity contribution >= 4 is 5.97 Å². The summed E-state index contributed by atoms with van der Waals surface area (Å²) in [5, 5.41) is 18.7. The smallest absolute Gasteiger partial charge is 0.303 e. The van der Waals surface area contributed by atoms with Gasteiger partial charge >= 0.3 is 5.97 Å². The first-order valence-electron chi connectivity index (χ1n) is 15.5. The van der Waals surface area contributed by atoms with Gasteiger partial charge in [-0.1, -0.05) is 103 Å². The standard InChI is InChI=1S/C18H36O2.C15H27N3O/c1-2-3-4-5-6-7-8-9-10-11-12-13-14-15-16-17-18(19)20;1-13(2,16)9-7-8-10(19)12(15(5,6)18)11(9)14(3,4)17/h2-17H2,1H3,(H,19,20);7-8,19H,16-18H2,1-6H3. The second-order valence-corrected chi connectivity index (χ2v) is 13.1. The van der Waals surface area contributed by atoms with Crippen LogP contribution in [0.2, 0.25) is 0 Å². The van der Waals surface area contributed by atoms with E-state index in [4.69, 9.17) is 22.3 Å². The summed E-state index contributed by atoms with van der Waals surface area (Å²) >= 11 is 0. The highest BCUT2D eigenvalue weighted by atomic mass is 16.4. The van der Waals surface area contributed by atoms with Gasteiger partial charge in [0.15, 0.2) is 0 Å². The first-order valence-corrected chi connectivity index (χ1v) is 15.5. The SMILES string of the molecule is CC(C)(N)c1ccc(O)c(C(C)(C)N)c1C(C)(C)N.CCCCCCCCCCCCCCCCCC(=O)O. The van der Waals surface area contributed by atoms with Crippen LogP contribution in [0.4, 0.5) is 0 Å². The van der Waals surface area contributed by atoms with Crippen molar-refractivity contribution in [2.45, 2.75) is 168 Å². The summed E-state index contributed by atoms with van der Waals surface area (Å²) in [4.78, 5) is 10.3. The van der Waals surface area contributed by atoms with Crippen molar-refractivity contribution in [1.29, 1.82) is 0 Å². The molecule has 8 N–H and O–H groups in total. The maximum Gasteiger partial charge on any atom is 0.303 e. The lowest BCUT2D eigenvalue weighted by atomic mass is 9.75. The van der Waals surface area contributed by atoms with Crippen molar-refractivity contribution in [2.75, 3.05) is 0 Å². The Morgan fingerprint density at radius 3 is 1.28 bits per heavy atom. The Labute approximate surface area is 240 Å². The number of benzene rings is 1. The van der Waals surface area contributed by atoms with E-state index in [0.717, 1.165) is 24.0 Å². The fourth-order valence-corrected chi connectivity index (χ4v) is 5.10. The zero-order valence-electron chi connectivity index (χ0n) is 26.5. The van der Waals surface area contributed by atoms with Gasteiger partial charge in [-0.2, -0.15) is 0 Å². The second kappa shape index (κ2) is 18.7. The molecule has 0 atom stereocenters. The molecule has 39 heavy (non-hydrogen) atoms. The van der Waals surface area contributed by atoms with Crippen LogP contribution in [0.1, 0.15) is 168 Å². The molecule has 0 spiro atoms. The van der Waals surface area contributed by atoms with Gasteiger partial charge in [-0.05, 0) is 65.2 Å². The van der Waals surface area contributed by atoms with Gasteiger partial charge in [0.1, 0.15) is 5.75 Å². The van der Waals surface area contributed by atoms with Crippen LogP contribution < -0.4 is 17.2 Å². The molecule has 6 heteroatoms. The van der Waals surface area contributed by atoms with Gasteiger partial charge in [-0.15, -0.1) is 0 Å². The summed E-state index contributed by atoms with van der Waals surface area (Å²) in [7, 11) is 0. The number of rotatable bonds is 19. The van der Waals surface area contributed by atoms with Crippen LogP contribution in [0.5, 0.6) is 5.75 Å². The van der Waals surface area contributed by atoms with Gasteiger partial charge in [0.2, 0.25) is 0 Å². The lowest BCUT2D eigenvalue weighted by Gasteiger charge is -2.36. The molecule has 0 aliphatic rings. The molecule has 1 aromatic carbocycles. The van der Waals surface area contributed by atoms with Crippen molar-refractivity contribution in [3.63, 3.8) is 0 Å². The van der Waals surface area contributed by atoms with Crippen LogP contribution in [0.15, 0.2) is 12.1 Å². The molecule has 0 saturated carbocycles. The molecular weight excluding hydrogens is 486 g/mol. The Kier molecular flexibility index (Phi) is 17.9. The number of unbranched alkanes of at least 4 members (excludes halogenated alkanes) is 14. The summed E-state index contributed by atoms with van der Waals surface area (Å²) in [6.45, 7) is 13.6. The minimum atomic E-state index is -0.697. The molecule has 0 amide bonds. The average Bonchev–Trinajstić information content (AvgIpc) is 2.79. The lowest BCUT2D eigenvalue weighted by Crippen LogP contribution is -2.41. The van der Waals surface area contributed by atoms with Crippen LogP contribution in [-0.4, -0.2) is 16.2 Å². The first-order chi connectivity index (χ1) is 18.0. The number of aliphatic carboxylic acids is 1. The Morgan fingerprint density at radius 2 is 0.974 bits per heavy atom. The van der Waals surface area contributed by atoms with Crippen molar-refractivity contribution in [1.82, 2.24) is 0 Å². The van der Waals surface area contributed by atoms with Crippen molar-refractivity contribution < 1.29 is 15.0 Å². The molecule has 0 aromatic heterocycles.